The molecule has 0 radical (unpaired) electrons. The molecule has 5 rings (SSSR count). The molecule has 4 heterocycles. The maximum absolute atomic E-state index is 13.3. The molecule has 1 aliphatic heterocycles. The Labute approximate surface area is 396 Å². The lowest BCUT2D eigenvalue weighted by Crippen LogP contribution is -2.32. The van der Waals surface area contributed by atoms with E-state index in [1.54, 1.807) is 32.5 Å². The van der Waals surface area contributed by atoms with Crippen LogP contribution in [0.1, 0.15) is 51.5 Å². The maximum Gasteiger partial charge on any atom is 0.352 e. The van der Waals surface area contributed by atoms with Gasteiger partial charge in [0, 0.05) is 87.4 Å². The monoisotopic (exact) mass is 908 g/mol. The van der Waals surface area contributed by atoms with E-state index in [0.29, 0.717) is 18.2 Å². The van der Waals surface area contributed by atoms with Gasteiger partial charge in [-0.15, -0.1) is 17.8 Å². The van der Waals surface area contributed by atoms with Crippen LogP contribution < -0.4 is 10.4 Å². The van der Waals surface area contributed by atoms with Gasteiger partial charge in [0.15, 0.2) is 5.65 Å². The van der Waals surface area contributed by atoms with Gasteiger partial charge in [-0.25, -0.2) is 15.0 Å². The van der Waals surface area contributed by atoms with Crippen molar-refractivity contribution in [3.63, 3.8) is 0 Å². The Morgan fingerprint density at radius 3 is 2.02 bits per heavy atom. The number of hydrogen-bond donors (Lipinski definition) is 3. The lowest BCUT2D eigenvalue weighted by Gasteiger charge is -2.23. The second-order valence-electron chi connectivity index (χ2n) is 11.7. The van der Waals surface area contributed by atoms with Gasteiger partial charge < -0.3 is 9.47 Å². The molecular weight excluding hydrogens is 853 g/mol. The third-order valence-corrected chi connectivity index (χ3v) is 9.42. The van der Waals surface area contributed by atoms with E-state index in [1.807, 2.05) is 28.8 Å². The van der Waals surface area contributed by atoms with Gasteiger partial charge in [0.25, 0.3) is 0 Å². The minimum atomic E-state index is -0.174. The van der Waals surface area contributed by atoms with Crippen LogP contribution in [-0.4, -0.2) is 68.1 Å². The number of terminal acetylenes is 1. The molecule has 1 fully saturated rings. The number of thiophene rings is 1. The number of likely N-dealkylation sites (tertiary alicyclic amines) is 1. The van der Waals surface area contributed by atoms with E-state index in [-0.39, 0.29) is 26.7 Å². The average molecular weight is 909 g/mol. The Kier molecular flexibility index (Phi) is 23.3. The van der Waals surface area contributed by atoms with E-state index >= 15 is 0 Å². The molecule has 3 aromatic heterocycles. The van der Waals surface area contributed by atoms with Gasteiger partial charge in [-0.05, 0) is 162 Å². The van der Waals surface area contributed by atoms with Crippen molar-refractivity contribution in [2.45, 2.75) is 45.8 Å². The van der Waals surface area contributed by atoms with E-state index in [0.717, 1.165) is 47.6 Å². The molecule has 2 N–H and O–H groups in total. The van der Waals surface area contributed by atoms with Crippen LogP contribution in [0.3, 0.4) is 0 Å². The molecule has 16 nitrogen and oxygen atoms in total. The molecule has 64 heavy (non-hydrogen) atoms. The highest BCUT2D eigenvalue weighted by Crippen LogP contribution is 2.35. The lowest BCUT2D eigenvalue weighted by molar-refractivity contribution is -0.478. The number of fused-ring (bicyclic) bond motifs is 3. The number of nitrogens with zero attached hydrogens (tertiary/aromatic N) is 9. The zero-order chi connectivity index (χ0) is 46.2. The SMILES string of the molecule is C#CC#CC#CC#CC#CC#CC#CC#CC#CC#CC#CC.COC[C@@H]1CCCN1Cc1sc2c(c1C)c1ncnn1c(=O)n2Cc1ccc(OC)cc1.N=N/N=N/N(OO)OS.[HH].[HH].[HH].[HH].[HH].[HH].[HH].[HH].[HH].[HH].[HH]. The summed E-state index contributed by atoms with van der Waals surface area (Å²) in [7, 11) is 3.41. The summed E-state index contributed by atoms with van der Waals surface area (Å²) in [6, 6.07) is 8.26. The Balaban J connectivity index is -0.000000130. The summed E-state index contributed by atoms with van der Waals surface area (Å²) >= 11 is 4.84. The number of methoxy groups -OCH3 is 2. The summed E-state index contributed by atoms with van der Waals surface area (Å²) in [4.78, 5) is 25.8. The third kappa shape index (κ3) is 16.6. The van der Waals surface area contributed by atoms with Crippen molar-refractivity contribution < 1.29 is 39.7 Å². The zero-order valence-electron chi connectivity index (χ0n) is 34.7. The van der Waals surface area contributed by atoms with E-state index in [1.165, 1.54) is 27.7 Å². The summed E-state index contributed by atoms with van der Waals surface area (Å²) in [6.45, 7) is 6.97. The van der Waals surface area contributed by atoms with Crippen LogP contribution in [0.2, 0.25) is 0 Å². The molecule has 1 atom stereocenters. The van der Waals surface area contributed by atoms with Gasteiger partial charge in [-0.2, -0.15) is 19.4 Å². The summed E-state index contributed by atoms with van der Waals surface area (Å²) in [6.07, 6.45) is 8.71. The largest absolute Gasteiger partial charge is 0.497 e. The number of ether oxygens (including phenoxy) is 2. The quantitative estimate of drug-likeness (QED) is 0.0347. The normalized spacial score (nSPS) is 11.3. The van der Waals surface area contributed by atoms with Gasteiger partial charge in [-0.3, -0.25) is 9.47 Å². The number of aryl methyl sites for hydroxylation is 1. The van der Waals surface area contributed by atoms with Crippen molar-refractivity contribution in [2.24, 2.45) is 15.7 Å². The van der Waals surface area contributed by atoms with Crippen molar-refractivity contribution in [1.82, 2.24) is 29.4 Å². The van der Waals surface area contributed by atoms with Crippen LogP contribution in [0, 0.1) is 143 Å². The number of aromatic nitrogens is 4. The second-order valence-corrected chi connectivity index (χ2v) is 13.0. The van der Waals surface area contributed by atoms with Crippen molar-refractivity contribution in [1.29, 1.82) is 5.53 Å². The zero-order valence-corrected chi connectivity index (χ0v) is 36.4. The summed E-state index contributed by atoms with van der Waals surface area (Å²) < 4.78 is 17.8. The van der Waals surface area contributed by atoms with Crippen molar-refractivity contribution in [2.75, 3.05) is 27.4 Å². The first kappa shape index (κ1) is 50.0. The van der Waals surface area contributed by atoms with Crippen LogP contribution in [0.4, 0.5) is 0 Å². The summed E-state index contributed by atoms with van der Waals surface area (Å²) in [5, 5.41) is 21.0. The first-order chi connectivity index (χ1) is 31.4. The lowest BCUT2D eigenvalue weighted by atomic mass is 10.2. The Morgan fingerprint density at radius 1 is 0.938 bits per heavy atom. The van der Waals surface area contributed by atoms with Crippen LogP contribution in [0.5, 0.6) is 5.75 Å². The van der Waals surface area contributed by atoms with Gasteiger partial charge in [0.1, 0.15) is 16.9 Å². The average Bonchev–Trinajstić information content (AvgIpc) is 4.06. The fraction of sp³-hybridized carbons (Fsp3) is 0.239. The third-order valence-electron chi connectivity index (χ3n) is 7.98. The fourth-order valence-electron chi connectivity index (χ4n) is 5.35. The highest BCUT2D eigenvalue weighted by molar-refractivity contribution is 7.75. The van der Waals surface area contributed by atoms with E-state index in [2.05, 4.69) is 184 Å². The molecule has 4 aromatic rings. The first-order valence-electron chi connectivity index (χ1n) is 18.2. The van der Waals surface area contributed by atoms with Gasteiger partial charge in [-0.1, -0.05) is 23.0 Å². The maximum atomic E-state index is 13.3. The Bertz CT molecular complexity index is 3130. The van der Waals surface area contributed by atoms with Crippen LogP contribution >= 0.6 is 24.2 Å². The van der Waals surface area contributed by atoms with Gasteiger partial charge in [0.2, 0.25) is 0 Å². The summed E-state index contributed by atoms with van der Waals surface area (Å²) in [5.74, 6) is 52.7. The minimum absolute atomic E-state index is 0. The molecule has 1 saturated heterocycles. The van der Waals surface area contributed by atoms with Crippen LogP contribution in [0.15, 0.2) is 51.1 Å². The Morgan fingerprint density at radius 2 is 1.52 bits per heavy atom. The predicted molar refractivity (Wildman–Crippen MR) is 266 cm³/mol. The molecule has 338 valence electrons. The van der Waals surface area contributed by atoms with Crippen molar-refractivity contribution in [3.8, 4) is 137 Å². The number of rotatable bonds is 11. The molecule has 1 aromatic carbocycles. The number of nitrogens with one attached hydrogen (secondary N) is 1. The van der Waals surface area contributed by atoms with Crippen molar-refractivity contribution in [3.05, 3.63) is 57.1 Å². The van der Waals surface area contributed by atoms with Crippen LogP contribution in [0.25, 0.3) is 15.9 Å². The minimum Gasteiger partial charge on any atom is -0.497 e. The molecule has 0 spiro atoms. The smallest absolute Gasteiger partial charge is 0.352 e. The number of hydrogen-bond acceptors (Lipinski definition) is 13. The van der Waals surface area contributed by atoms with E-state index in [4.69, 9.17) is 26.7 Å². The van der Waals surface area contributed by atoms with Gasteiger partial charge >= 0.3 is 5.69 Å². The first-order valence-corrected chi connectivity index (χ1v) is 19.3. The molecule has 0 saturated carbocycles. The molecule has 0 amide bonds. The molecule has 0 unspecified atom stereocenters. The number of thiol groups is 1. The highest BCUT2D eigenvalue weighted by Gasteiger charge is 2.27. The van der Waals surface area contributed by atoms with E-state index < -0.39 is 0 Å². The number of benzene rings is 1. The van der Waals surface area contributed by atoms with Crippen LogP contribution in [-0.2, 0) is 27.1 Å². The molecule has 0 bridgehead atoms. The van der Waals surface area contributed by atoms with E-state index in [9.17, 15) is 4.79 Å². The Hall–Kier alpha value is -8.36. The fourth-order valence-corrected chi connectivity index (χ4v) is 6.73. The van der Waals surface area contributed by atoms with Crippen molar-refractivity contribution >= 4 is 40.1 Å². The molecule has 18 heteroatoms. The summed E-state index contributed by atoms with van der Waals surface area (Å²) in [5.41, 5.74) is 8.73. The molecule has 1 aliphatic rings. The molecule has 0 aliphatic carbocycles. The van der Waals surface area contributed by atoms with Gasteiger partial charge in [0.05, 0.1) is 25.6 Å². The predicted octanol–water partition coefficient (Wildman–Crippen LogP) is 7.24. The highest BCUT2D eigenvalue weighted by atomic mass is 32.1. The standard InChI is InChI=1S/C23H27N5O3S.C23H4.H3N5O3S.11H2/c1-15-19(12-26-10-4-5-17(26)13-30-2)32-22-20(15)21-24-14-25-28(21)23(29)27(22)11-16-6-8-18(31-3)9-7-16;1-3-5-7-9-11-13-15-17-19-21-23-22-20-18-16-14-12-10-8-6-4-2;1-2-3-4-5(7-6)8-9;;;;;;;;;;;/h6-9,14,17H,4-5,10-13H2,1-3H3;1H,2H3;1,6,9H;11*1H/b;;2-1?,4-3+;;;;;;;;;;;/t17-;;;;;;;;;;;;;/m0............./s1. The topological polar surface area (TPSA) is 177 Å². The molecular formula is C46H56N10O6S2. The second kappa shape index (κ2) is 29.8.